The number of aromatic amines is 1. The van der Waals surface area contributed by atoms with Crippen LogP contribution in [0.25, 0.3) is 0 Å². The van der Waals surface area contributed by atoms with E-state index < -0.39 is 0 Å². The maximum absolute atomic E-state index is 12.8. The second-order valence-corrected chi connectivity index (χ2v) is 6.85. The summed E-state index contributed by atoms with van der Waals surface area (Å²) < 4.78 is 11.3. The predicted molar refractivity (Wildman–Crippen MR) is 83.4 cm³/mol. The van der Waals surface area contributed by atoms with Crippen LogP contribution in [0, 0.1) is 0 Å². The number of aromatic nitrogens is 2. The van der Waals surface area contributed by atoms with E-state index in [1.807, 2.05) is 4.90 Å². The number of likely N-dealkylation sites (N-methyl/N-ethyl adjacent to an activating group) is 1. The van der Waals surface area contributed by atoms with Gasteiger partial charge in [-0.15, -0.1) is 0 Å². The van der Waals surface area contributed by atoms with Gasteiger partial charge >= 0.3 is 0 Å². The molecule has 1 aromatic heterocycles. The van der Waals surface area contributed by atoms with Gasteiger partial charge in [0.2, 0.25) is 5.91 Å². The molecule has 0 aliphatic carbocycles. The molecule has 2 saturated heterocycles. The summed E-state index contributed by atoms with van der Waals surface area (Å²) >= 11 is 0. The Labute approximate surface area is 140 Å². The Morgan fingerprint density at radius 3 is 2.83 bits per heavy atom. The number of fused-ring (bicyclic) bond motifs is 1. The summed E-state index contributed by atoms with van der Waals surface area (Å²) in [6.07, 6.45) is 2.24. The Hall–Kier alpha value is -1.93. The molecule has 0 unspecified atom stereocenters. The van der Waals surface area contributed by atoms with Crippen LogP contribution < -0.4 is 0 Å². The molecule has 3 aliphatic rings. The maximum atomic E-state index is 12.8. The van der Waals surface area contributed by atoms with Crippen molar-refractivity contribution in [2.24, 2.45) is 0 Å². The summed E-state index contributed by atoms with van der Waals surface area (Å²) in [4.78, 5) is 28.0. The first-order chi connectivity index (χ1) is 11.6. The molecule has 1 spiro atoms. The van der Waals surface area contributed by atoms with Crippen molar-refractivity contribution in [1.29, 1.82) is 0 Å². The topological polar surface area (TPSA) is 87.8 Å². The third-order valence-electron chi connectivity index (χ3n) is 5.31. The van der Waals surface area contributed by atoms with Crippen molar-refractivity contribution < 1.29 is 19.1 Å². The molecular weight excluding hydrogens is 312 g/mol. The summed E-state index contributed by atoms with van der Waals surface area (Å²) in [6, 6.07) is 0. The number of morpholine rings is 1. The minimum Gasteiger partial charge on any atom is -0.376 e. The number of ether oxygens (including phenoxy) is 2. The summed E-state index contributed by atoms with van der Waals surface area (Å²) in [5.41, 5.74) is 2.07. The van der Waals surface area contributed by atoms with Crippen LogP contribution in [-0.4, -0.2) is 77.3 Å². The molecule has 0 radical (unpaired) electrons. The molecule has 24 heavy (non-hydrogen) atoms. The third kappa shape index (κ3) is 2.59. The number of piperidine rings is 1. The van der Waals surface area contributed by atoms with E-state index >= 15 is 0 Å². The second kappa shape index (κ2) is 5.86. The van der Waals surface area contributed by atoms with E-state index in [2.05, 4.69) is 10.2 Å². The molecule has 4 rings (SSSR count). The Morgan fingerprint density at radius 2 is 2.08 bits per heavy atom. The SMILES string of the molecule is CN1CC2(CCN(C(=O)c3n[nH]c4c3COCC4)CC2)OCC1=O. The molecule has 0 atom stereocenters. The summed E-state index contributed by atoms with van der Waals surface area (Å²) in [6.45, 7) is 3.07. The van der Waals surface area contributed by atoms with Crippen LogP contribution in [0.5, 0.6) is 0 Å². The first-order valence-corrected chi connectivity index (χ1v) is 8.39. The van der Waals surface area contributed by atoms with Gasteiger partial charge in [0, 0.05) is 44.4 Å². The van der Waals surface area contributed by atoms with E-state index in [0.717, 1.165) is 30.5 Å². The van der Waals surface area contributed by atoms with Gasteiger partial charge < -0.3 is 19.3 Å². The number of carbonyl (C=O) groups excluding carboxylic acids is 2. The zero-order valence-corrected chi connectivity index (χ0v) is 13.8. The lowest BCUT2D eigenvalue weighted by atomic mass is 9.89. The molecule has 2 fully saturated rings. The van der Waals surface area contributed by atoms with Gasteiger partial charge in [0.05, 0.1) is 18.8 Å². The second-order valence-electron chi connectivity index (χ2n) is 6.85. The first kappa shape index (κ1) is 15.6. The fourth-order valence-corrected chi connectivity index (χ4v) is 3.75. The van der Waals surface area contributed by atoms with Crippen LogP contribution in [0.3, 0.4) is 0 Å². The minimum atomic E-state index is -0.312. The number of carbonyl (C=O) groups is 2. The number of likely N-dealkylation sites (tertiary alicyclic amines) is 1. The van der Waals surface area contributed by atoms with Gasteiger partial charge in [-0.25, -0.2) is 0 Å². The summed E-state index contributed by atoms with van der Waals surface area (Å²) in [5.74, 6) is -0.0321. The Kier molecular flexibility index (Phi) is 3.80. The van der Waals surface area contributed by atoms with Crippen molar-refractivity contribution >= 4 is 11.8 Å². The molecule has 8 nitrogen and oxygen atoms in total. The minimum absolute atomic E-state index is 0.0160. The quantitative estimate of drug-likeness (QED) is 0.778. The highest BCUT2D eigenvalue weighted by Gasteiger charge is 2.42. The average Bonchev–Trinajstić information content (AvgIpc) is 3.03. The van der Waals surface area contributed by atoms with Gasteiger partial charge in [-0.05, 0) is 12.8 Å². The standard InChI is InChI=1S/C16H22N4O4/c1-19-10-16(24-9-13(19)21)3-5-20(6-4-16)15(22)14-11-8-23-7-2-12(11)17-18-14/h2-10H2,1H3,(H,17,18). The van der Waals surface area contributed by atoms with Crippen LogP contribution in [0.2, 0.25) is 0 Å². The number of hydrogen-bond donors (Lipinski definition) is 1. The lowest BCUT2D eigenvalue weighted by molar-refractivity contribution is -0.167. The molecule has 1 aromatic rings. The average molecular weight is 334 g/mol. The molecule has 0 bridgehead atoms. The van der Waals surface area contributed by atoms with Crippen molar-refractivity contribution in [3.05, 3.63) is 17.0 Å². The first-order valence-electron chi connectivity index (χ1n) is 8.39. The summed E-state index contributed by atoms with van der Waals surface area (Å²) in [7, 11) is 1.81. The van der Waals surface area contributed by atoms with Crippen molar-refractivity contribution in [3.63, 3.8) is 0 Å². The molecule has 4 heterocycles. The van der Waals surface area contributed by atoms with Crippen molar-refractivity contribution in [2.45, 2.75) is 31.5 Å². The highest BCUT2D eigenvalue weighted by molar-refractivity contribution is 5.94. The number of rotatable bonds is 1. The number of hydrogen-bond acceptors (Lipinski definition) is 5. The van der Waals surface area contributed by atoms with E-state index in [4.69, 9.17) is 9.47 Å². The monoisotopic (exact) mass is 334 g/mol. The molecule has 0 aromatic carbocycles. The molecule has 8 heteroatoms. The van der Waals surface area contributed by atoms with E-state index in [-0.39, 0.29) is 24.0 Å². The smallest absolute Gasteiger partial charge is 0.274 e. The fourth-order valence-electron chi connectivity index (χ4n) is 3.75. The van der Waals surface area contributed by atoms with Crippen LogP contribution in [0.4, 0.5) is 0 Å². The highest BCUT2D eigenvalue weighted by Crippen LogP contribution is 2.31. The van der Waals surface area contributed by atoms with Gasteiger partial charge in [0.15, 0.2) is 5.69 Å². The van der Waals surface area contributed by atoms with Crippen LogP contribution in [0.15, 0.2) is 0 Å². The van der Waals surface area contributed by atoms with Crippen molar-refractivity contribution in [2.75, 3.05) is 39.9 Å². The number of H-pyrrole nitrogens is 1. The highest BCUT2D eigenvalue weighted by atomic mass is 16.5. The van der Waals surface area contributed by atoms with E-state index in [0.29, 0.717) is 38.5 Å². The normalized spacial score (nSPS) is 23.5. The van der Waals surface area contributed by atoms with Crippen LogP contribution >= 0.6 is 0 Å². The third-order valence-corrected chi connectivity index (χ3v) is 5.31. The Balaban J connectivity index is 1.43. The van der Waals surface area contributed by atoms with Gasteiger partial charge in [-0.3, -0.25) is 14.7 Å². The number of nitrogens with one attached hydrogen (secondary N) is 1. The molecule has 1 N–H and O–H groups in total. The molecule has 2 amide bonds. The summed E-state index contributed by atoms with van der Waals surface area (Å²) in [5, 5.41) is 7.19. The van der Waals surface area contributed by atoms with Crippen LogP contribution in [0.1, 0.15) is 34.6 Å². The van der Waals surface area contributed by atoms with Crippen LogP contribution in [-0.2, 0) is 27.3 Å². The molecule has 0 saturated carbocycles. The zero-order chi connectivity index (χ0) is 16.7. The van der Waals surface area contributed by atoms with E-state index in [9.17, 15) is 9.59 Å². The van der Waals surface area contributed by atoms with Crippen molar-refractivity contribution in [1.82, 2.24) is 20.0 Å². The molecule has 130 valence electrons. The predicted octanol–water partition coefficient (Wildman–Crippen LogP) is -0.0542. The van der Waals surface area contributed by atoms with Gasteiger partial charge in [-0.2, -0.15) is 5.10 Å². The Bertz CT molecular complexity index is 663. The molecule has 3 aliphatic heterocycles. The lowest BCUT2D eigenvalue weighted by Gasteiger charge is -2.46. The maximum Gasteiger partial charge on any atom is 0.274 e. The zero-order valence-electron chi connectivity index (χ0n) is 13.8. The fraction of sp³-hybridized carbons (Fsp3) is 0.688. The lowest BCUT2D eigenvalue weighted by Crippen LogP contribution is -2.58. The van der Waals surface area contributed by atoms with Crippen molar-refractivity contribution in [3.8, 4) is 0 Å². The van der Waals surface area contributed by atoms with E-state index in [1.165, 1.54) is 0 Å². The largest absolute Gasteiger partial charge is 0.376 e. The number of nitrogens with zero attached hydrogens (tertiary/aromatic N) is 3. The molecular formula is C16H22N4O4. The Morgan fingerprint density at radius 1 is 1.29 bits per heavy atom. The van der Waals surface area contributed by atoms with Gasteiger partial charge in [0.1, 0.15) is 6.61 Å². The van der Waals surface area contributed by atoms with Gasteiger partial charge in [0.25, 0.3) is 5.91 Å². The van der Waals surface area contributed by atoms with E-state index in [1.54, 1.807) is 11.9 Å². The van der Waals surface area contributed by atoms with Gasteiger partial charge in [-0.1, -0.05) is 0 Å². The number of amides is 2.